The Kier molecular flexibility index (Phi) is 3.90. The minimum Gasteiger partial charge on any atom is -0.353 e. The highest BCUT2D eigenvalue weighted by molar-refractivity contribution is 9.10. The van der Waals surface area contributed by atoms with Gasteiger partial charge in [-0.05, 0) is 36.8 Å². The van der Waals surface area contributed by atoms with Crippen LogP contribution >= 0.6 is 27.5 Å². The number of benzene rings is 2. The predicted molar refractivity (Wildman–Crippen MR) is 78.3 cm³/mol. The van der Waals surface area contributed by atoms with Gasteiger partial charge in [0, 0.05) is 4.47 Å². The summed E-state index contributed by atoms with van der Waals surface area (Å²) in [6, 6.07) is 13.4. The number of hydrogen-bond donors (Lipinski definition) is 1. The summed E-state index contributed by atoms with van der Waals surface area (Å²) in [4.78, 5) is 0. The monoisotopic (exact) mass is 320 g/mol. The number of nitriles is 1. The maximum Gasteiger partial charge on any atom is 0.101 e. The molecule has 18 heavy (non-hydrogen) atoms. The number of halogens is 2. The van der Waals surface area contributed by atoms with Crippen LogP contribution in [0.4, 0.5) is 11.4 Å². The highest BCUT2D eigenvalue weighted by Gasteiger charge is 2.07. The van der Waals surface area contributed by atoms with E-state index in [1.165, 1.54) is 0 Å². The first-order chi connectivity index (χ1) is 8.61. The number of nitrogens with zero attached hydrogens (tertiary/aromatic N) is 1. The molecule has 0 unspecified atom stereocenters. The van der Waals surface area contributed by atoms with Crippen molar-refractivity contribution >= 4 is 38.9 Å². The van der Waals surface area contributed by atoms with Crippen LogP contribution < -0.4 is 5.32 Å². The molecule has 0 aliphatic heterocycles. The van der Waals surface area contributed by atoms with Crippen LogP contribution in [0.2, 0.25) is 5.02 Å². The Balaban J connectivity index is 2.44. The van der Waals surface area contributed by atoms with Crippen LogP contribution in [0.5, 0.6) is 0 Å². The van der Waals surface area contributed by atoms with Crippen LogP contribution in [0.1, 0.15) is 11.1 Å². The largest absolute Gasteiger partial charge is 0.353 e. The van der Waals surface area contributed by atoms with E-state index in [0.717, 1.165) is 21.4 Å². The Morgan fingerprint density at radius 1 is 1.28 bits per heavy atom. The molecular formula is C14H10BrClN2. The molecule has 0 amide bonds. The molecule has 0 aromatic heterocycles. The molecule has 2 aromatic carbocycles. The van der Waals surface area contributed by atoms with Gasteiger partial charge in [0.15, 0.2) is 0 Å². The maximum atomic E-state index is 9.12. The summed E-state index contributed by atoms with van der Waals surface area (Å²) < 4.78 is 0.875. The molecule has 0 radical (unpaired) electrons. The summed E-state index contributed by atoms with van der Waals surface area (Å²) in [5, 5.41) is 13.0. The minimum atomic E-state index is 0.573. The molecule has 0 saturated heterocycles. The van der Waals surface area contributed by atoms with Crippen molar-refractivity contribution in [2.75, 3.05) is 5.32 Å². The second-order valence-corrected chi connectivity index (χ2v) is 5.18. The first-order valence-electron chi connectivity index (χ1n) is 5.33. The van der Waals surface area contributed by atoms with E-state index in [1.807, 2.05) is 37.3 Å². The molecule has 0 aliphatic carbocycles. The van der Waals surface area contributed by atoms with E-state index < -0.39 is 0 Å². The number of rotatable bonds is 2. The lowest BCUT2D eigenvalue weighted by molar-refractivity contribution is 1.41. The maximum absolute atomic E-state index is 9.12. The summed E-state index contributed by atoms with van der Waals surface area (Å²) in [6.45, 7) is 1.97. The van der Waals surface area contributed by atoms with E-state index in [9.17, 15) is 0 Å². The fourth-order valence-corrected chi connectivity index (χ4v) is 2.27. The second kappa shape index (κ2) is 5.43. The van der Waals surface area contributed by atoms with Gasteiger partial charge in [-0.25, -0.2) is 0 Å². The molecule has 2 rings (SSSR count). The van der Waals surface area contributed by atoms with E-state index >= 15 is 0 Å². The minimum absolute atomic E-state index is 0.573. The summed E-state index contributed by atoms with van der Waals surface area (Å²) >= 11 is 9.50. The highest BCUT2D eigenvalue weighted by atomic mass is 79.9. The summed E-state index contributed by atoms with van der Waals surface area (Å²) in [7, 11) is 0. The highest BCUT2D eigenvalue weighted by Crippen LogP contribution is 2.30. The number of anilines is 2. The molecule has 0 atom stereocenters. The molecule has 2 nitrogen and oxygen atoms in total. The van der Waals surface area contributed by atoms with Crippen molar-refractivity contribution in [1.29, 1.82) is 5.26 Å². The SMILES string of the molecule is Cc1cccc(Cl)c1Nc1ccc(Br)cc1C#N. The average Bonchev–Trinajstić information content (AvgIpc) is 2.35. The van der Waals surface area contributed by atoms with Crippen molar-refractivity contribution in [3.05, 3.63) is 57.0 Å². The van der Waals surface area contributed by atoms with Crippen molar-refractivity contribution in [2.24, 2.45) is 0 Å². The standard InChI is InChI=1S/C14H10BrClN2/c1-9-3-2-4-12(16)14(9)18-13-6-5-11(15)7-10(13)8-17/h2-7,18H,1H3. The number of hydrogen-bond acceptors (Lipinski definition) is 2. The Hall–Kier alpha value is -1.50. The van der Waals surface area contributed by atoms with E-state index in [1.54, 1.807) is 6.07 Å². The number of aryl methyl sites for hydroxylation is 1. The molecule has 2 aromatic rings. The predicted octanol–water partition coefficient (Wildman–Crippen LogP) is 5.03. The normalized spacial score (nSPS) is 9.89. The zero-order valence-electron chi connectivity index (χ0n) is 9.67. The van der Waals surface area contributed by atoms with Gasteiger partial charge in [0.1, 0.15) is 6.07 Å². The van der Waals surface area contributed by atoms with Crippen molar-refractivity contribution < 1.29 is 0 Å². The Bertz CT molecular complexity index is 612. The van der Waals surface area contributed by atoms with E-state index in [0.29, 0.717) is 10.6 Å². The molecule has 4 heteroatoms. The van der Waals surface area contributed by atoms with Gasteiger partial charge >= 0.3 is 0 Å². The van der Waals surface area contributed by atoms with Crippen LogP contribution in [-0.4, -0.2) is 0 Å². The third-order valence-corrected chi connectivity index (χ3v) is 3.39. The molecule has 0 spiro atoms. The molecule has 0 bridgehead atoms. The topological polar surface area (TPSA) is 35.8 Å². The van der Waals surface area contributed by atoms with Crippen molar-refractivity contribution in [3.63, 3.8) is 0 Å². The average molecular weight is 322 g/mol. The number of para-hydroxylation sites is 1. The Morgan fingerprint density at radius 2 is 2.06 bits per heavy atom. The molecule has 0 heterocycles. The van der Waals surface area contributed by atoms with Crippen LogP contribution in [0.25, 0.3) is 0 Å². The van der Waals surface area contributed by atoms with Crippen molar-refractivity contribution in [2.45, 2.75) is 6.92 Å². The zero-order chi connectivity index (χ0) is 13.1. The summed E-state index contributed by atoms with van der Waals surface area (Å²) in [5.74, 6) is 0. The summed E-state index contributed by atoms with van der Waals surface area (Å²) in [6.07, 6.45) is 0. The van der Waals surface area contributed by atoms with Crippen molar-refractivity contribution in [1.82, 2.24) is 0 Å². The van der Waals surface area contributed by atoms with Crippen LogP contribution in [0.15, 0.2) is 40.9 Å². The van der Waals surface area contributed by atoms with Gasteiger partial charge in [-0.1, -0.05) is 39.7 Å². The molecular weight excluding hydrogens is 312 g/mol. The lowest BCUT2D eigenvalue weighted by Crippen LogP contribution is -1.96. The molecule has 0 aliphatic rings. The van der Waals surface area contributed by atoms with Gasteiger partial charge in [-0.3, -0.25) is 0 Å². The first-order valence-corrected chi connectivity index (χ1v) is 6.50. The molecule has 90 valence electrons. The lowest BCUT2D eigenvalue weighted by Gasteiger charge is -2.12. The van der Waals surface area contributed by atoms with Gasteiger partial charge in [0.25, 0.3) is 0 Å². The van der Waals surface area contributed by atoms with Crippen LogP contribution in [-0.2, 0) is 0 Å². The lowest BCUT2D eigenvalue weighted by atomic mass is 10.1. The van der Waals surface area contributed by atoms with E-state index in [-0.39, 0.29) is 0 Å². The Morgan fingerprint density at radius 3 is 2.72 bits per heavy atom. The van der Waals surface area contributed by atoms with Crippen molar-refractivity contribution in [3.8, 4) is 6.07 Å². The Labute approximate surface area is 119 Å². The molecule has 0 fully saturated rings. The fourth-order valence-electron chi connectivity index (χ4n) is 1.64. The van der Waals surface area contributed by atoms with Crippen LogP contribution in [0, 0.1) is 18.3 Å². The van der Waals surface area contributed by atoms with Gasteiger partial charge in [0.2, 0.25) is 0 Å². The third kappa shape index (κ3) is 2.66. The van der Waals surface area contributed by atoms with E-state index in [4.69, 9.17) is 16.9 Å². The van der Waals surface area contributed by atoms with Gasteiger partial charge in [0.05, 0.1) is 22.0 Å². The quantitative estimate of drug-likeness (QED) is 0.842. The van der Waals surface area contributed by atoms with Gasteiger partial charge in [-0.15, -0.1) is 0 Å². The zero-order valence-corrected chi connectivity index (χ0v) is 12.0. The van der Waals surface area contributed by atoms with Gasteiger partial charge < -0.3 is 5.32 Å². The molecule has 1 N–H and O–H groups in total. The smallest absolute Gasteiger partial charge is 0.101 e. The number of nitrogens with one attached hydrogen (secondary N) is 1. The third-order valence-electron chi connectivity index (χ3n) is 2.58. The van der Waals surface area contributed by atoms with Gasteiger partial charge in [-0.2, -0.15) is 5.26 Å². The first kappa shape index (κ1) is 12.9. The van der Waals surface area contributed by atoms with Crippen LogP contribution in [0.3, 0.4) is 0 Å². The fraction of sp³-hybridized carbons (Fsp3) is 0.0714. The summed E-state index contributed by atoms with van der Waals surface area (Å²) in [5.41, 5.74) is 3.19. The molecule has 0 saturated carbocycles. The second-order valence-electron chi connectivity index (χ2n) is 3.86. The van der Waals surface area contributed by atoms with E-state index in [2.05, 4.69) is 27.3 Å².